The number of aromatic hydroxyl groups is 2. The summed E-state index contributed by atoms with van der Waals surface area (Å²) in [6.07, 6.45) is -21.5. The molecule has 1 aromatic heterocycles. The molecule has 0 aliphatic carbocycles. The summed E-state index contributed by atoms with van der Waals surface area (Å²) in [5.74, 6) is -1.84. The molecule has 4 heterocycles. The molecule has 6 rings (SSSR count). The molecule has 3 aliphatic rings. The van der Waals surface area contributed by atoms with Crippen molar-refractivity contribution in [2.24, 2.45) is 0 Å². The largest absolute Gasteiger partial charge is 0.508 e. The lowest BCUT2D eigenvalue weighted by molar-refractivity contribution is -0.341. The monoisotopic (exact) mass is 710 g/mol. The molecule has 18 heteroatoms. The van der Waals surface area contributed by atoms with Crippen molar-refractivity contribution in [3.05, 3.63) is 46.6 Å². The van der Waals surface area contributed by atoms with Crippen molar-refractivity contribution in [1.29, 1.82) is 0 Å². The predicted octanol–water partition coefficient (Wildman–Crippen LogP) is -2.25. The maximum Gasteiger partial charge on any atom is 0.239 e. The smallest absolute Gasteiger partial charge is 0.239 e. The molecule has 0 amide bonds. The van der Waals surface area contributed by atoms with Gasteiger partial charge in [0.05, 0.1) is 18.8 Å². The molecule has 3 fully saturated rings. The molecular weight excluding hydrogens is 672 g/mol. The molecule has 3 saturated heterocycles. The van der Waals surface area contributed by atoms with E-state index in [9.17, 15) is 55.9 Å². The van der Waals surface area contributed by atoms with E-state index in [1.54, 1.807) is 0 Å². The molecule has 18 nitrogen and oxygen atoms in total. The number of aliphatic hydroxyl groups is 8. The summed E-state index contributed by atoms with van der Waals surface area (Å²) in [5, 5.41) is 103. The van der Waals surface area contributed by atoms with Crippen molar-refractivity contribution < 1.29 is 83.9 Å². The second-order valence-electron chi connectivity index (χ2n) is 12.4. The third kappa shape index (κ3) is 6.73. The van der Waals surface area contributed by atoms with Crippen molar-refractivity contribution in [2.45, 2.75) is 99.9 Å². The lowest BCUT2D eigenvalue weighted by Gasteiger charge is -2.44. The van der Waals surface area contributed by atoms with E-state index in [1.807, 2.05) is 0 Å². The normalized spacial score (nSPS) is 37.8. The first-order valence-corrected chi connectivity index (χ1v) is 15.6. The summed E-state index contributed by atoms with van der Waals surface area (Å²) in [7, 11) is 0. The zero-order valence-electron chi connectivity index (χ0n) is 26.5. The fraction of sp³-hybridized carbons (Fsp3) is 0.531. The molecule has 274 valence electrons. The van der Waals surface area contributed by atoms with Crippen molar-refractivity contribution in [3.8, 4) is 34.3 Å². The molecule has 0 radical (unpaired) electrons. The van der Waals surface area contributed by atoms with E-state index in [0.29, 0.717) is 0 Å². The number of hydrogen-bond donors (Lipinski definition) is 10. The standard InChI is InChI=1S/C32H38O18/c1-10-19(36)23(40)26(43)31(45-10)47-14-7-15(34)18-17(8-14)48-27(12-3-5-13(33)6-4-12)28(22(18)39)49-32-29(24(41)20(37)11(2)46-32)50-30-25(42)21(38)16(35)9-44-30/h3-8,10-11,16,19-21,23-26,29-38,40-43H,9H2,1-2H3/t10-,11-,16+,19-,20-,21-,23+,24+,25+,26+,29+,30-,31-,32-/m0/s1. The first-order chi connectivity index (χ1) is 23.7. The van der Waals surface area contributed by atoms with Gasteiger partial charge in [-0.25, -0.2) is 0 Å². The Bertz CT molecular complexity index is 1710. The van der Waals surface area contributed by atoms with Gasteiger partial charge in [0.1, 0.15) is 77.0 Å². The van der Waals surface area contributed by atoms with Gasteiger partial charge in [0, 0.05) is 17.7 Å². The predicted molar refractivity (Wildman–Crippen MR) is 164 cm³/mol. The molecule has 14 atom stereocenters. The Morgan fingerprint density at radius 3 is 2.00 bits per heavy atom. The van der Waals surface area contributed by atoms with Crippen molar-refractivity contribution in [2.75, 3.05) is 6.61 Å². The van der Waals surface area contributed by atoms with Crippen LogP contribution in [0.3, 0.4) is 0 Å². The van der Waals surface area contributed by atoms with Crippen molar-refractivity contribution >= 4 is 11.0 Å². The lowest BCUT2D eigenvalue weighted by Crippen LogP contribution is -2.62. The Balaban J connectivity index is 1.40. The molecule has 0 spiro atoms. The topological polar surface area (TPSA) is 288 Å². The van der Waals surface area contributed by atoms with E-state index >= 15 is 0 Å². The van der Waals surface area contributed by atoms with Crippen LogP contribution in [0.25, 0.3) is 22.3 Å². The Morgan fingerprint density at radius 2 is 1.32 bits per heavy atom. The third-order valence-corrected chi connectivity index (χ3v) is 8.86. The Kier molecular flexibility index (Phi) is 10.3. The maximum atomic E-state index is 14.1. The van der Waals surface area contributed by atoms with Gasteiger partial charge in [-0.15, -0.1) is 0 Å². The average molecular weight is 711 g/mol. The van der Waals surface area contributed by atoms with E-state index in [4.69, 9.17) is 32.8 Å². The van der Waals surface area contributed by atoms with Gasteiger partial charge in [-0.1, -0.05) is 0 Å². The van der Waals surface area contributed by atoms with Gasteiger partial charge in [-0.2, -0.15) is 0 Å². The number of fused-ring (bicyclic) bond motifs is 1. The van der Waals surface area contributed by atoms with Crippen LogP contribution in [0.15, 0.2) is 45.6 Å². The van der Waals surface area contributed by atoms with Crippen LogP contribution in [0, 0.1) is 0 Å². The summed E-state index contributed by atoms with van der Waals surface area (Å²) < 4.78 is 40.0. The first kappa shape index (κ1) is 36.2. The number of benzene rings is 2. The summed E-state index contributed by atoms with van der Waals surface area (Å²) in [4.78, 5) is 14.1. The van der Waals surface area contributed by atoms with Crippen LogP contribution in [-0.2, 0) is 18.9 Å². The number of aliphatic hydroxyl groups excluding tert-OH is 8. The van der Waals surface area contributed by atoms with Crippen LogP contribution in [0.5, 0.6) is 23.0 Å². The summed E-state index contributed by atoms with van der Waals surface area (Å²) in [6.45, 7) is 2.40. The third-order valence-electron chi connectivity index (χ3n) is 8.86. The molecule has 10 N–H and O–H groups in total. The van der Waals surface area contributed by atoms with Gasteiger partial charge in [0.25, 0.3) is 0 Å². The van der Waals surface area contributed by atoms with E-state index < -0.39 is 115 Å². The molecule has 0 bridgehead atoms. The van der Waals surface area contributed by atoms with E-state index in [1.165, 1.54) is 44.2 Å². The van der Waals surface area contributed by atoms with Crippen LogP contribution < -0.4 is 14.9 Å². The number of ether oxygens (including phenoxy) is 6. The van der Waals surface area contributed by atoms with Gasteiger partial charge in [-0.05, 0) is 38.1 Å². The zero-order valence-corrected chi connectivity index (χ0v) is 26.5. The highest BCUT2D eigenvalue weighted by Crippen LogP contribution is 2.39. The van der Waals surface area contributed by atoms with Crippen LogP contribution in [0.4, 0.5) is 0 Å². The SMILES string of the molecule is C[C@@H]1O[C@@H](Oc2cc(O)c3c(=O)c(O[C@@H]4O[C@@H](C)[C@H](O)[C@@H](O)[C@H]4O[C@@H]4OC[C@@H](O)[C@H](O)[C@H]4O)c(-c4ccc(O)cc4)oc3c2)[C@H](O)[C@H](O)[C@H]1O. The van der Waals surface area contributed by atoms with Gasteiger partial charge < -0.3 is 83.9 Å². The minimum absolute atomic E-state index is 0.131. The summed E-state index contributed by atoms with van der Waals surface area (Å²) in [6, 6.07) is 7.53. The van der Waals surface area contributed by atoms with Crippen molar-refractivity contribution in [1.82, 2.24) is 0 Å². The number of phenols is 2. The molecule has 3 aromatic rings. The molecule has 0 unspecified atom stereocenters. The van der Waals surface area contributed by atoms with Crippen LogP contribution >= 0.6 is 0 Å². The summed E-state index contributed by atoms with van der Waals surface area (Å²) >= 11 is 0. The number of phenolic OH excluding ortho intramolecular Hbond substituents is 2. The second-order valence-corrected chi connectivity index (χ2v) is 12.4. The Morgan fingerprint density at radius 1 is 0.700 bits per heavy atom. The van der Waals surface area contributed by atoms with Crippen LogP contribution in [-0.4, -0.2) is 144 Å². The minimum Gasteiger partial charge on any atom is -0.508 e. The lowest BCUT2D eigenvalue weighted by atomic mass is 9.99. The number of hydrogen-bond acceptors (Lipinski definition) is 18. The first-order valence-electron chi connectivity index (χ1n) is 15.6. The minimum atomic E-state index is -1.80. The highest BCUT2D eigenvalue weighted by atomic mass is 16.8. The van der Waals surface area contributed by atoms with Crippen LogP contribution in [0.2, 0.25) is 0 Å². The highest BCUT2D eigenvalue weighted by molar-refractivity contribution is 5.88. The van der Waals surface area contributed by atoms with Gasteiger partial charge >= 0.3 is 0 Å². The summed E-state index contributed by atoms with van der Waals surface area (Å²) in [5.41, 5.74) is -1.06. The molecule has 2 aromatic carbocycles. The maximum absolute atomic E-state index is 14.1. The average Bonchev–Trinajstić information content (AvgIpc) is 3.08. The van der Waals surface area contributed by atoms with Gasteiger partial charge in [0.2, 0.25) is 23.8 Å². The second kappa shape index (κ2) is 14.2. The van der Waals surface area contributed by atoms with E-state index in [-0.39, 0.29) is 28.4 Å². The fourth-order valence-corrected chi connectivity index (χ4v) is 5.89. The van der Waals surface area contributed by atoms with Gasteiger partial charge in [-0.3, -0.25) is 4.79 Å². The van der Waals surface area contributed by atoms with Gasteiger partial charge in [0.15, 0.2) is 18.2 Å². The fourth-order valence-electron chi connectivity index (χ4n) is 5.89. The number of rotatable bonds is 7. The van der Waals surface area contributed by atoms with Crippen LogP contribution in [0.1, 0.15) is 13.8 Å². The molecule has 3 aliphatic heterocycles. The molecule has 0 saturated carbocycles. The molecule has 50 heavy (non-hydrogen) atoms. The highest BCUT2D eigenvalue weighted by Gasteiger charge is 2.49. The molecular formula is C32H38O18. The Labute approximate surface area is 282 Å². The quantitative estimate of drug-likeness (QED) is 0.124. The van der Waals surface area contributed by atoms with Crippen molar-refractivity contribution in [3.63, 3.8) is 0 Å². The van der Waals surface area contributed by atoms with E-state index in [0.717, 1.165) is 6.07 Å². The Hall–Kier alpha value is -3.63. The zero-order chi connectivity index (χ0) is 36.2. The van der Waals surface area contributed by atoms with E-state index in [2.05, 4.69) is 0 Å².